The van der Waals surface area contributed by atoms with E-state index < -0.39 is 0 Å². The molecule has 0 aliphatic rings. The van der Waals surface area contributed by atoms with E-state index in [0.717, 1.165) is 22.0 Å². The van der Waals surface area contributed by atoms with Crippen LogP contribution in [0, 0.1) is 6.92 Å². The van der Waals surface area contributed by atoms with Crippen molar-refractivity contribution in [3.05, 3.63) is 72.6 Å². The Morgan fingerprint density at radius 1 is 0.840 bits per heavy atom. The van der Waals surface area contributed by atoms with E-state index in [1.165, 1.54) is 11.1 Å². The normalized spacial score (nSPS) is 10.8. The maximum Gasteiger partial charge on any atom is 0.224 e. The number of methoxy groups -OCH3 is 1. The molecule has 0 atom stereocenters. The first-order valence-corrected chi connectivity index (χ1v) is 8.08. The fraction of sp³-hybridized carbons (Fsp3) is 0.0952. The highest BCUT2D eigenvalue weighted by Gasteiger charge is 2.11. The third-order valence-electron chi connectivity index (χ3n) is 4.13. The van der Waals surface area contributed by atoms with Gasteiger partial charge in [0, 0.05) is 18.0 Å². The van der Waals surface area contributed by atoms with Gasteiger partial charge in [0.05, 0.1) is 18.0 Å². The van der Waals surface area contributed by atoms with Gasteiger partial charge in [-0.2, -0.15) is 4.98 Å². The third kappa shape index (κ3) is 2.94. The molecule has 2 heterocycles. The van der Waals surface area contributed by atoms with Gasteiger partial charge in [0.1, 0.15) is 0 Å². The first kappa shape index (κ1) is 15.3. The predicted molar refractivity (Wildman–Crippen MR) is 99.5 cm³/mol. The number of rotatable bonds is 3. The quantitative estimate of drug-likeness (QED) is 0.548. The lowest BCUT2D eigenvalue weighted by molar-refractivity contribution is 0.403. The topological polar surface area (TPSA) is 47.9 Å². The van der Waals surface area contributed by atoms with Crippen LogP contribution < -0.4 is 4.74 Å². The summed E-state index contributed by atoms with van der Waals surface area (Å²) >= 11 is 0. The van der Waals surface area contributed by atoms with Crippen molar-refractivity contribution in [2.45, 2.75) is 6.92 Å². The molecule has 0 spiro atoms. The lowest BCUT2D eigenvalue weighted by Gasteiger charge is -2.10. The van der Waals surface area contributed by atoms with Gasteiger partial charge in [-0.25, -0.2) is 4.98 Å². The van der Waals surface area contributed by atoms with Crippen LogP contribution in [0.4, 0.5) is 0 Å². The molecule has 4 nitrogen and oxygen atoms in total. The van der Waals surface area contributed by atoms with Crippen LogP contribution in [-0.4, -0.2) is 22.1 Å². The Morgan fingerprint density at radius 3 is 2.44 bits per heavy atom. The molecule has 122 valence electrons. The van der Waals surface area contributed by atoms with Gasteiger partial charge in [-0.1, -0.05) is 35.9 Å². The number of fused-ring (bicyclic) bond motifs is 1. The summed E-state index contributed by atoms with van der Waals surface area (Å²) in [6.45, 7) is 2.09. The Labute approximate surface area is 146 Å². The van der Waals surface area contributed by atoms with Crippen LogP contribution in [-0.2, 0) is 0 Å². The van der Waals surface area contributed by atoms with E-state index in [2.05, 4.69) is 58.3 Å². The zero-order valence-electron chi connectivity index (χ0n) is 14.1. The molecule has 25 heavy (non-hydrogen) atoms. The van der Waals surface area contributed by atoms with E-state index >= 15 is 0 Å². The second kappa shape index (κ2) is 6.32. The monoisotopic (exact) mass is 327 g/mol. The molecule has 0 aliphatic heterocycles. The second-order valence-electron chi connectivity index (χ2n) is 5.90. The SMILES string of the molecule is COc1nc(-c2cccnc2)nc2ccc(-c3cccc(C)c3)cc12. The molecule has 0 saturated carbocycles. The molecule has 0 saturated heterocycles. The number of aromatic nitrogens is 3. The zero-order chi connectivity index (χ0) is 17.2. The lowest BCUT2D eigenvalue weighted by atomic mass is 10.0. The standard InChI is InChI=1S/C21H17N3O/c1-14-5-3-6-15(11-14)16-8-9-19-18(12-16)21(25-2)24-20(23-19)17-7-4-10-22-13-17/h3-13H,1-2H3. The Hall–Kier alpha value is -3.27. The Balaban J connectivity index is 1.88. The second-order valence-corrected chi connectivity index (χ2v) is 5.90. The Kier molecular flexibility index (Phi) is 3.86. The van der Waals surface area contributed by atoms with Gasteiger partial charge >= 0.3 is 0 Å². The Bertz CT molecular complexity index is 1050. The number of aryl methyl sites for hydroxylation is 1. The molecule has 4 heteroatoms. The smallest absolute Gasteiger partial charge is 0.224 e. The number of hydrogen-bond donors (Lipinski definition) is 0. The first-order valence-electron chi connectivity index (χ1n) is 8.08. The summed E-state index contributed by atoms with van der Waals surface area (Å²) in [6.07, 6.45) is 3.48. The van der Waals surface area contributed by atoms with E-state index in [9.17, 15) is 0 Å². The minimum absolute atomic E-state index is 0.568. The summed E-state index contributed by atoms with van der Waals surface area (Å²) in [5, 5.41) is 0.897. The average molecular weight is 327 g/mol. The maximum atomic E-state index is 5.53. The van der Waals surface area contributed by atoms with Gasteiger partial charge in [0.15, 0.2) is 5.82 Å². The molecule has 0 amide bonds. The van der Waals surface area contributed by atoms with E-state index in [-0.39, 0.29) is 0 Å². The summed E-state index contributed by atoms with van der Waals surface area (Å²) in [5.74, 6) is 1.18. The fourth-order valence-corrected chi connectivity index (χ4v) is 2.88. The van der Waals surface area contributed by atoms with Crippen LogP contribution in [0.25, 0.3) is 33.4 Å². The van der Waals surface area contributed by atoms with E-state index in [1.807, 2.05) is 18.2 Å². The van der Waals surface area contributed by atoms with Crippen molar-refractivity contribution in [3.8, 4) is 28.4 Å². The summed E-state index contributed by atoms with van der Waals surface area (Å²) in [6, 6.07) is 18.4. The summed E-state index contributed by atoms with van der Waals surface area (Å²) < 4.78 is 5.53. The molecular formula is C21H17N3O. The lowest BCUT2D eigenvalue weighted by Crippen LogP contribution is -1.96. The highest BCUT2D eigenvalue weighted by atomic mass is 16.5. The van der Waals surface area contributed by atoms with Crippen molar-refractivity contribution < 1.29 is 4.74 Å². The number of hydrogen-bond acceptors (Lipinski definition) is 4. The van der Waals surface area contributed by atoms with Crippen molar-refractivity contribution in [1.82, 2.24) is 15.0 Å². The number of ether oxygens (including phenoxy) is 1. The van der Waals surface area contributed by atoms with Gasteiger partial charge in [0.25, 0.3) is 0 Å². The van der Waals surface area contributed by atoms with Crippen molar-refractivity contribution in [2.75, 3.05) is 7.11 Å². The maximum absolute atomic E-state index is 5.53. The molecule has 0 aliphatic carbocycles. The van der Waals surface area contributed by atoms with Crippen molar-refractivity contribution in [1.29, 1.82) is 0 Å². The minimum atomic E-state index is 0.568. The number of pyridine rings is 1. The van der Waals surface area contributed by atoms with Crippen molar-refractivity contribution in [3.63, 3.8) is 0 Å². The van der Waals surface area contributed by atoms with Crippen LogP contribution in [0.15, 0.2) is 67.0 Å². The van der Waals surface area contributed by atoms with Crippen LogP contribution in [0.3, 0.4) is 0 Å². The molecule has 0 radical (unpaired) electrons. The highest BCUT2D eigenvalue weighted by Crippen LogP contribution is 2.30. The van der Waals surface area contributed by atoms with E-state index in [4.69, 9.17) is 4.74 Å². The summed E-state index contributed by atoms with van der Waals surface area (Å²) in [4.78, 5) is 13.4. The van der Waals surface area contributed by atoms with E-state index in [1.54, 1.807) is 19.5 Å². The van der Waals surface area contributed by atoms with Gasteiger partial charge in [-0.05, 0) is 42.3 Å². The molecule has 4 rings (SSSR count). The first-order chi connectivity index (χ1) is 12.2. The van der Waals surface area contributed by atoms with Gasteiger partial charge in [-0.3, -0.25) is 4.98 Å². The largest absolute Gasteiger partial charge is 0.480 e. The molecule has 0 N–H and O–H groups in total. The minimum Gasteiger partial charge on any atom is -0.480 e. The van der Waals surface area contributed by atoms with Crippen LogP contribution in [0.1, 0.15) is 5.56 Å². The predicted octanol–water partition coefficient (Wildman–Crippen LogP) is 4.68. The third-order valence-corrected chi connectivity index (χ3v) is 4.13. The Morgan fingerprint density at radius 2 is 1.68 bits per heavy atom. The number of benzene rings is 2. The van der Waals surface area contributed by atoms with Gasteiger partial charge < -0.3 is 4.74 Å². The number of nitrogens with zero attached hydrogens (tertiary/aromatic N) is 3. The fourth-order valence-electron chi connectivity index (χ4n) is 2.88. The zero-order valence-corrected chi connectivity index (χ0v) is 14.1. The molecule has 0 bridgehead atoms. The van der Waals surface area contributed by atoms with E-state index in [0.29, 0.717) is 11.7 Å². The van der Waals surface area contributed by atoms with Crippen LogP contribution >= 0.6 is 0 Å². The van der Waals surface area contributed by atoms with Crippen molar-refractivity contribution >= 4 is 10.9 Å². The molecule has 0 fully saturated rings. The van der Waals surface area contributed by atoms with Crippen LogP contribution in [0.2, 0.25) is 0 Å². The molecule has 2 aromatic heterocycles. The summed E-state index contributed by atoms with van der Waals surface area (Å²) in [5.41, 5.74) is 5.23. The van der Waals surface area contributed by atoms with Crippen LogP contribution in [0.5, 0.6) is 5.88 Å². The molecule has 4 aromatic rings. The highest BCUT2D eigenvalue weighted by molar-refractivity contribution is 5.89. The molecular weight excluding hydrogens is 310 g/mol. The molecule has 2 aromatic carbocycles. The summed E-state index contributed by atoms with van der Waals surface area (Å²) in [7, 11) is 1.63. The van der Waals surface area contributed by atoms with Gasteiger partial charge in [-0.15, -0.1) is 0 Å². The van der Waals surface area contributed by atoms with Crippen molar-refractivity contribution in [2.24, 2.45) is 0 Å². The van der Waals surface area contributed by atoms with Gasteiger partial charge in [0.2, 0.25) is 5.88 Å². The molecule has 0 unspecified atom stereocenters. The average Bonchev–Trinajstić information content (AvgIpc) is 2.67.